The molecule has 112 valence electrons. The predicted octanol–water partition coefficient (Wildman–Crippen LogP) is 2.19. The molecule has 0 aliphatic carbocycles. The lowest BCUT2D eigenvalue weighted by atomic mass is 10.2. The highest BCUT2D eigenvalue weighted by Crippen LogP contribution is 2.29. The second-order valence-corrected chi connectivity index (χ2v) is 6.30. The minimum atomic E-state index is 0.00468. The largest absolute Gasteiger partial charge is 0.338 e. The fourth-order valence-corrected chi connectivity index (χ4v) is 4.09. The number of rotatable bonds is 3. The Morgan fingerprint density at radius 2 is 2.10 bits per heavy atom. The molecule has 2 aromatic rings. The van der Waals surface area contributed by atoms with E-state index in [0.717, 1.165) is 30.8 Å². The summed E-state index contributed by atoms with van der Waals surface area (Å²) in [6.07, 6.45) is 1.82. The van der Waals surface area contributed by atoms with Crippen molar-refractivity contribution in [2.24, 2.45) is 0 Å². The summed E-state index contributed by atoms with van der Waals surface area (Å²) in [5, 5.41) is 0.626. The Morgan fingerprint density at radius 3 is 2.76 bits per heavy atom. The molecule has 21 heavy (non-hydrogen) atoms. The normalized spacial score (nSPS) is 13.7. The van der Waals surface area contributed by atoms with Gasteiger partial charge in [-0.25, -0.2) is 4.98 Å². The lowest BCUT2D eigenvalue weighted by molar-refractivity contribution is 0.0777. The molecule has 2 aromatic heterocycles. The number of fused-ring (bicyclic) bond motifs is 2. The molecule has 0 N–H and O–H groups in total. The van der Waals surface area contributed by atoms with Gasteiger partial charge in [-0.05, 0) is 32.8 Å². The van der Waals surface area contributed by atoms with Crippen LogP contribution in [0, 0.1) is 6.92 Å². The first-order valence-electron chi connectivity index (χ1n) is 7.40. The van der Waals surface area contributed by atoms with E-state index in [1.165, 1.54) is 11.3 Å². The minimum Gasteiger partial charge on any atom is -0.338 e. The maximum absolute atomic E-state index is 12.6. The monoisotopic (exact) mass is 305 g/mol. The van der Waals surface area contributed by atoms with Gasteiger partial charge in [-0.2, -0.15) is 0 Å². The van der Waals surface area contributed by atoms with E-state index in [1.807, 2.05) is 20.8 Å². The lowest BCUT2D eigenvalue weighted by Gasteiger charge is -2.17. The van der Waals surface area contributed by atoms with Gasteiger partial charge in [0.15, 0.2) is 0 Å². The van der Waals surface area contributed by atoms with Gasteiger partial charge in [-0.15, -0.1) is 11.3 Å². The van der Waals surface area contributed by atoms with Gasteiger partial charge >= 0.3 is 0 Å². The Hall–Kier alpha value is -1.69. The molecule has 3 heterocycles. The molecule has 0 unspecified atom stereocenters. The third-order valence-corrected chi connectivity index (χ3v) is 5.33. The number of carbonyl (C=O) groups excluding carboxylic acids is 1. The lowest BCUT2D eigenvalue weighted by Crippen LogP contribution is -2.30. The van der Waals surface area contributed by atoms with Gasteiger partial charge in [0.05, 0.1) is 10.3 Å². The summed E-state index contributed by atoms with van der Waals surface area (Å²) in [5.41, 5.74) is 0.798. The fourth-order valence-electron chi connectivity index (χ4n) is 2.93. The van der Waals surface area contributed by atoms with E-state index in [2.05, 4.69) is 4.98 Å². The molecule has 0 saturated heterocycles. The maximum atomic E-state index is 12.6. The van der Waals surface area contributed by atoms with Crippen LogP contribution < -0.4 is 5.56 Å². The summed E-state index contributed by atoms with van der Waals surface area (Å²) in [5.74, 6) is 0.862. The number of hydrogen-bond donors (Lipinski definition) is 0. The maximum Gasteiger partial charge on any atom is 0.264 e. The van der Waals surface area contributed by atoms with Crippen molar-refractivity contribution in [1.29, 1.82) is 0 Å². The highest BCUT2D eigenvalue weighted by molar-refractivity contribution is 7.20. The van der Waals surface area contributed by atoms with Crippen LogP contribution in [0.1, 0.15) is 41.3 Å². The van der Waals surface area contributed by atoms with E-state index in [-0.39, 0.29) is 11.5 Å². The van der Waals surface area contributed by atoms with Crippen molar-refractivity contribution in [2.75, 3.05) is 13.1 Å². The molecule has 1 amide bonds. The van der Waals surface area contributed by atoms with Crippen molar-refractivity contribution in [1.82, 2.24) is 14.5 Å². The van der Waals surface area contributed by atoms with Crippen LogP contribution in [0.3, 0.4) is 0 Å². The summed E-state index contributed by atoms with van der Waals surface area (Å²) in [7, 11) is 0. The van der Waals surface area contributed by atoms with Crippen LogP contribution in [0.2, 0.25) is 0 Å². The molecule has 0 saturated carbocycles. The number of thiophene rings is 1. The zero-order chi connectivity index (χ0) is 15.1. The molecular weight excluding hydrogens is 286 g/mol. The van der Waals surface area contributed by atoms with Crippen molar-refractivity contribution in [3.8, 4) is 0 Å². The number of aryl methyl sites for hydroxylation is 2. The van der Waals surface area contributed by atoms with E-state index >= 15 is 0 Å². The number of hydrogen-bond acceptors (Lipinski definition) is 4. The van der Waals surface area contributed by atoms with Gasteiger partial charge < -0.3 is 4.90 Å². The minimum absolute atomic E-state index is 0.00468. The number of carbonyl (C=O) groups is 1. The topological polar surface area (TPSA) is 55.2 Å². The average Bonchev–Trinajstić information content (AvgIpc) is 3.05. The van der Waals surface area contributed by atoms with E-state index in [1.54, 1.807) is 9.47 Å². The zero-order valence-electron chi connectivity index (χ0n) is 12.6. The second-order valence-electron chi connectivity index (χ2n) is 5.30. The highest BCUT2D eigenvalue weighted by Gasteiger charge is 2.24. The van der Waals surface area contributed by atoms with Gasteiger partial charge in [-0.3, -0.25) is 14.2 Å². The standard InChI is InChI=1S/C15H19N3O2S/c1-4-17(5-2)15(20)12-9(3)11-13(21-12)16-10-7-6-8-18(10)14(11)19/h4-8H2,1-3H3. The van der Waals surface area contributed by atoms with Crippen molar-refractivity contribution in [2.45, 2.75) is 40.2 Å². The molecule has 0 radical (unpaired) electrons. The van der Waals surface area contributed by atoms with Crippen LogP contribution >= 0.6 is 11.3 Å². The van der Waals surface area contributed by atoms with Crippen molar-refractivity contribution in [3.05, 3.63) is 26.6 Å². The van der Waals surface area contributed by atoms with Gasteiger partial charge in [0, 0.05) is 26.1 Å². The van der Waals surface area contributed by atoms with Crippen molar-refractivity contribution < 1.29 is 4.79 Å². The molecule has 0 fully saturated rings. The van der Waals surface area contributed by atoms with Crippen LogP contribution in [0.15, 0.2) is 4.79 Å². The quantitative estimate of drug-likeness (QED) is 0.873. The second kappa shape index (κ2) is 5.26. The third-order valence-electron chi connectivity index (χ3n) is 4.16. The van der Waals surface area contributed by atoms with Crippen LogP contribution in [-0.4, -0.2) is 33.4 Å². The Bertz CT molecular complexity index is 771. The van der Waals surface area contributed by atoms with E-state index in [0.29, 0.717) is 28.2 Å². The van der Waals surface area contributed by atoms with Crippen molar-refractivity contribution in [3.63, 3.8) is 0 Å². The summed E-state index contributed by atoms with van der Waals surface area (Å²) in [4.78, 5) is 32.9. The van der Waals surface area contributed by atoms with E-state index < -0.39 is 0 Å². The summed E-state index contributed by atoms with van der Waals surface area (Å²) >= 11 is 1.36. The molecule has 0 bridgehead atoms. The number of amides is 1. The first-order chi connectivity index (χ1) is 10.1. The van der Waals surface area contributed by atoms with Gasteiger partial charge in [-0.1, -0.05) is 0 Å². The molecular formula is C15H19N3O2S. The molecule has 1 aliphatic heterocycles. The Kier molecular flexibility index (Phi) is 3.57. The Balaban J connectivity index is 2.20. The van der Waals surface area contributed by atoms with Crippen LogP contribution in [0.4, 0.5) is 0 Å². The van der Waals surface area contributed by atoms with Crippen LogP contribution in [0.25, 0.3) is 10.2 Å². The average molecular weight is 305 g/mol. The first kappa shape index (κ1) is 14.3. The molecule has 5 nitrogen and oxygen atoms in total. The van der Waals surface area contributed by atoms with E-state index in [4.69, 9.17) is 0 Å². The fraction of sp³-hybridized carbons (Fsp3) is 0.533. The number of aromatic nitrogens is 2. The molecule has 1 aliphatic rings. The van der Waals surface area contributed by atoms with Crippen molar-refractivity contribution >= 4 is 27.5 Å². The summed E-state index contributed by atoms with van der Waals surface area (Å²) < 4.78 is 1.76. The SMILES string of the molecule is CCN(CC)C(=O)c1sc2nc3n(c(=O)c2c1C)CCC3. The van der Waals surface area contributed by atoms with Gasteiger partial charge in [0.25, 0.3) is 11.5 Å². The Morgan fingerprint density at radius 1 is 1.38 bits per heavy atom. The predicted molar refractivity (Wildman–Crippen MR) is 84.2 cm³/mol. The van der Waals surface area contributed by atoms with Crippen LogP contribution in [0.5, 0.6) is 0 Å². The molecule has 0 atom stereocenters. The van der Waals surface area contributed by atoms with E-state index in [9.17, 15) is 9.59 Å². The highest BCUT2D eigenvalue weighted by atomic mass is 32.1. The van der Waals surface area contributed by atoms with Crippen LogP contribution in [-0.2, 0) is 13.0 Å². The Labute approximate surface area is 127 Å². The molecule has 6 heteroatoms. The molecule has 0 aromatic carbocycles. The first-order valence-corrected chi connectivity index (χ1v) is 8.22. The summed E-state index contributed by atoms with van der Waals surface area (Å²) in [6.45, 7) is 7.88. The van der Waals surface area contributed by atoms with Gasteiger partial charge in [0.1, 0.15) is 10.7 Å². The van der Waals surface area contributed by atoms with Gasteiger partial charge in [0.2, 0.25) is 0 Å². The smallest absolute Gasteiger partial charge is 0.264 e. The molecule has 0 spiro atoms. The zero-order valence-corrected chi connectivity index (χ0v) is 13.4. The summed E-state index contributed by atoms with van der Waals surface area (Å²) in [6, 6.07) is 0. The third kappa shape index (κ3) is 2.09. The number of nitrogens with zero attached hydrogens (tertiary/aromatic N) is 3. The molecule has 3 rings (SSSR count).